The van der Waals surface area contributed by atoms with Gasteiger partial charge in [0.15, 0.2) is 18.4 Å². The van der Waals surface area contributed by atoms with Crippen LogP contribution in [0.5, 0.6) is 0 Å². The fourth-order valence-corrected chi connectivity index (χ4v) is 7.68. The van der Waals surface area contributed by atoms with E-state index in [0.29, 0.717) is 12.7 Å². The van der Waals surface area contributed by atoms with Gasteiger partial charge < -0.3 is 57.8 Å². The second kappa shape index (κ2) is 20.4. The lowest BCUT2D eigenvalue weighted by Crippen LogP contribution is -2.65. The van der Waals surface area contributed by atoms with Gasteiger partial charge in [-0.3, -0.25) is 14.4 Å². The zero-order valence-electron chi connectivity index (χ0n) is 32.7. The van der Waals surface area contributed by atoms with E-state index in [0.717, 1.165) is 0 Å². The number of carbonyl (C=O) groups is 4. The quantitative estimate of drug-likeness (QED) is 0.244. The Hall–Kier alpha value is -2.60. The highest BCUT2D eigenvalue weighted by molar-refractivity contribution is 5.91. The highest BCUT2D eigenvalue weighted by Crippen LogP contribution is 2.37. The van der Waals surface area contributed by atoms with Gasteiger partial charge >= 0.3 is 11.9 Å². The lowest BCUT2D eigenvalue weighted by Gasteiger charge is -2.50. The molecule has 0 amide bonds. The number of methoxy groups -OCH3 is 2. The van der Waals surface area contributed by atoms with Crippen LogP contribution in [0.4, 0.5) is 0 Å². The predicted molar refractivity (Wildman–Crippen MR) is 190 cm³/mol. The van der Waals surface area contributed by atoms with Crippen LogP contribution in [0.1, 0.15) is 73.6 Å². The molecule has 3 aliphatic heterocycles. The van der Waals surface area contributed by atoms with Gasteiger partial charge in [-0.1, -0.05) is 25.2 Å². The molecule has 3 rings (SSSR count). The van der Waals surface area contributed by atoms with Gasteiger partial charge in [0.1, 0.15) is 42.9 Å². The van der Waals surface area contributed by atoms with Crippen molar-refractivity contribution in [1.82, 2.24) is 4.90 Å². The number of rotatable bonds is 10. The average molecular weight is 756 g/mol. The summed E-state index contributed by atoms with van der Waals surface area (Å²) in [4.78, 5) is 52.7. The van der Waals surface area contributed by atoms with Gasteiger partial charge in [-0.15, -0.1) is 0 Å². The zero-order chi connectivity index (χ0) is 39.6. The summed E-state index contributed by atoms with van der Waals surface area (Å²) >= 11 is 0. The second-order valence-corrected chi connectivity index (χ2v) is 14.9. The van der Waals surface area contributed by atoms with Gasteiger partial charge in [-0.05, 0) is 60.2 Å². The molecule has 0 aromatic carbocycles. The number of hydrogen-bond donors (Lipinski definition) is 2. The van der Waals surface area contributed by atoms with Gasteiger partial charge in [0.2, 0.25) is 0 Å². The maximum atomic E-state index is 13.2. The van der Waals surface area contributed by atoms with E-state index in [9.17, 15) is 29.4 Å². The number of ketones is 1. The summed E-state index contributed by atoms with van der Waals surface area (Å²) < 4.78 is 48.1. The number of aliphatic hydroxyl groups is 2. The van der Waals surface area contributed by atoms with Crippen molar-refractivity contribution < 1.29 is 67.3 Å². The Morgan fingerprint density at radius 1 is 1.02 bits per heavy atom. The van der Waals surface area contributed by atoms with E-state index in [1.54, 1.807) is 71.8 Å². The standard InChI is InChI=1S/C38H61NO14/c1-21-18-26(16-17-40)34(35(46-9)28(51-25(5)41)19-29(43)48-22(2)14-12-11-13-15-27(21)42)53-37-32(44)31(39(7)8)33(23(3)50-37)52-30-20-38(6,45)36(47-10)24(4)49-30/h11-13,15,17,21-24,26,28,30-37,44-45H,14,16,18-20H2,1-10H3/t21-,22-,23-,24-,26+,28-,30+,31?,32?,33?,34+,35+,36?,37+,38?/m1/s1. The first-order valence-electron chi connectivity index (χ1n) is 18.4. The highest BCUT2D eigenvalue weighted by atomic mass is 16.7. The third-order valence-electron chi connectivity index (χ3n) is 10.2. The number of aldehydes is 1. The maximum Gasteiger partial charge on any atom is 0.309 e. The molecule has 0 saturated carbocycles. The Morgan fingerprint density at radius 3 is 2.30 bits per heavy atom. The van der Waals surface area contributed by atoms with Gasteiger partial charge in [0.05, 0.1) is 36.4 Å². The topological polar surface area (TPSA) is 186 Å². The van der Waals surface area contributed by atoms with Crippen LogP contribution in [0.25, 0.3) is 0 Å². The lowest BCUT2D eigenvalue weighted by molar-refractivity contribution is -0.344. The Labute approximate surface area is 313 Å². The molecule has 302 valence electrons. The fraction of sp³-hybridized carbons (Fsp3) is 0.789. The summed E-state index contributed by atoms with van der Waals surface area (Å²) in [5, 5.41) is 23.1. The van der Waals surface area contributed by atoms with Gasteiger partial charge in [-0.25, -0.2) is 0 Å². The van der Waals surface area contributed by atoms with Crippen molar-refractivity contribution in [2.45, 2.75) is 153 Å². The van der Waals surface area contributed by atoms with Crippen molar-refractivity contribution >= 4 is 24.0 Å². The van der Waals surface area contributed by atoms with E-state index in [-0.39, 0.29) is 25.0 Å². The number of nitrogens with zero attached hydrogens (tertiary/aromatic N) is 1. The first kappa shape index (κ1) is 44.8. The van der Waals surface area contributed by atoms with Crippen LogP contribution in [0.15, 0.2) is 24.3 Å². The number of cyclic esters (lactones) is 1. The van der Waals surface area contributed by atoms with Gasteiger partial charge in [0.25, 0.3) is 0 Å². The zero-order valence-corrected chi connectivity index (χ0v) is 32.7. The van der Waals surface area contributed by atoms with E-state index in [1.165, 1.54) is 27.2 Å². The SMILES string of the molecule is COC1[C@@H](C)O[C@@H](OC2C(N(C)C)C(O)[C@H](O[C@H]3[C@@H](CC=O)C[C@@H](C)C(=O)C=CC=CC[C@@H](C)OC(=O)C[C@@H](OC(C)=O)[C@@H]3OC)O[C@@H]2C)CC1(C)O. The molecule has 15 heteroatoms. The number of carbonyl (C=O) groups excluding carboxylic acids is 4. The predicted octanol–water partition coefficient (Wildman–Crippen LogP) is 2.28. The first-order chi connectivity index (χ1) is 24.9. The minimum absolute atomic E-state index is 0.0964. The molecule has 0 radical (unpaired) electrons. The molecule has 15 atom stereocenters. The molecule has 2 fully saturated rings. The maximum absolute atomic E-state index is 13.2. The number of esters is 2. The van der Waals surface area contributed by atoms with Gasteiger partial charge in [-0.2, -0.15) is 0 Å². The molecule has 0 bridgehead atoms. The summed E-state index contributed by atoms with van der Waals surface area (Å²) in [5.74, 6) is -2.84. The lowest BCUT2D eigenvalue weighted by atomic mass is 9.83. The van der Waals surface area contributed by atoms with Crippen molar-refractivity contribution in [3.63, 3.8) is 0 Å². The third-order valence-corrected chi connectivity index (χ3v) is 10.2. The smallest absolute Gasteiger partial charge is 0.309 e. The first-order valence-corrected chi connectivity index (χ1v) is 18.4. The summed E-state index contributed by atoms with van der Waals surface area (Å²) in [6, 6.07) is -0.733. The molecule has 53 heavy (non-hydrogen) atoms. The minimum Gasteiger partial charge on any atom is -0.462 e. The molecule has 15 nitrogen and oxygen atoms in total. The van der Waals surface area contributed by atoms with Crippen LogP contribution in [-0.4, -0.2) is 147 Å². The highest BCUT2D eigenvalue weighted by Gasteiger charge is 2.52. The third kappa shape index (κ3) is 12.2. The van der Waals surface area contributed by atoms with E-state index >= 15 is 0 Å². The molecule has 5 unspecified atom stereocenters. The van der Waals surface area contributed by atoms with Crippen LogP contribution < -0.4 is 0 Å². The van der Waals surface area contributed by atoms with E-state index in [4.69, 9.17) is 37.9 Å². The molecule has 0 aliphatic carbocycles. The molecule has 3 heterocycles. The average Bonchev–Trinajstić information content (AvgIpc) is 3.04. The molecule has 0 aromatic rings. The van der Waals surface area contributed by atoms with Crippen molar-refractivity contribution in [1.29, 1.82) is 0 Å². The molecule has 2 N–H and O–H groups in total. The van der Waals surface area contributed by atoms with Crippen LogP contribution in [0, 0.1) is 11.8 Å². The Bertz CT molecular complexity index is 1270. The normalized spacial score (nSPS) is 40.8. The van der Waals surface area contributed by atoms with Crippen LogP contribution in [0.2, 0.25) is 0 Å². The van der Waals surface area contributed by atoms with E-state index in [1.807, 2.05) is 0 Å². The van der Waals surface area contributed by atoms with Gasteiger partial charge in [0, 0.05) is 46.3 Å². The largest absolute Gasteiger partial charge is 0.462 e. The minimum atomic E-state index is -1.36. The van der Waals surface area contributed by atoms with Crippen LogP contribution in [0.3, 0.4) is 0 Å². The number of likely N-dealkylation sites (N-methyl/N-ethyl adjacent to an activating group) is 1. The Morgan fingerprint density at radius 2 is 1.72 bits per heavy atom. The van der Waals surface area contributed by atoms with Crippen LogP contribution in [-0.2, 0) is 57.1 Å². The molecule has 0 aromatic heterocycles. The monoisotopic (exact) mass is 755 g/mol. The molecule has 2 saturated heterocycles. The molecule has 3 aliphatic rings. The van der Waals surface area contributed by atoms with Crippen LogP contribution >= 0.6 is 0 Å². The number of allylic oxidation sites excluding steroid dienone is 3. The van der Waals surface area contributed by atoms with Crippen molar-refractivity contribution in [2.75, 3.05) is 28.3 Å². The molecular formula is C38H61NO14. The van der Waals surface area contributed by atoms with Crippen molar-refractivity contribution in [3.05, 3.63) is 24.3 Å². The number of ether oxygens (including phenoxy) is 8. The Balaban J connectivity index is 2.02. The van der Waals surface area contributed by atoms with Crippen molar-refractivity contribution in [3.8, 4) is 0 Å². The summed E-state index contributed by atoms with van der Waals surface area (Å²) in [6.45, 7) is 9.83. The fourth-order valence-electron chi connectivity index (χ4n) is 7.68. The number of aliphatic hydroxyl groups excluding tert-OH is 1. The summed E-state index contributed by atoms with van der Waals surface area (Å²) in [5.41, 5.74) is -1.26. The molecule has 0 spiro atoms. The second-order valence-electron chi connectivity index (χ2n) is 14.9. The Kier molecular flexibility index (Phi) is 17.2. The van der Waals surface area contributed by atoms with Crippen molar-refractivity contribution in [2.24, 2.45) is 11.8 Å². The summed E-state index contributed by atoms with van der Waals surface area (Å²) in [7, 11) is 6.38. The summed E-state index contributed by atoms with van der Waals surface area (Å²) in [6.07, 6.45) is -2.86. The number of hydrogen-bond acceptors (Lipinski definition) is 15. The van der Waals surface area contributed by atoms with E-state index < -0.39 is 109 Å². The molecular weight excluding hydrogens is 694 g/mol. The van der Waals surface area contributed by atoms with E-state index in [2.05, 4.69) is 0 Å².